The van der Waals surface area contributed by atoms with Gasteiger partial charge in [-0.25, -0.2) is 0 Å². The summed E-state index contributed by atoms with van der Waals surface area (Å²) in [5.41, 5.74) is 1.14. The van der Waals surface area contributed by atoms with Gasteiger partial charge < -0.3 is 19.3 Å². The molecule has 1 aliphatic rings. The van der Waals surface area contributed by atoms with Gasteiger partial charge in [0, 0.05) is 13.1 Å². The average molecular weight is 335 g/mol. The van der Waals surface area contributed by atoms with E-state index in [1.165, 1.54) is 4.90 Å². The molecule has 0 bridgehead atoms. The van der Waals surface area contributed by atoms with Crippen molar-refractivity contribution in [3.8, 4) is 11.5 Å². The monoisotopic (exact) mass is 335 g/mol. The minimum atomic E-state index is 0.144. The highest BCUT2D eigenvalue weighted by atomic mass is 16.5. The molecule has 1 amide bonds. The molecule has 2 rings (SSSR count). The maximum absolute atomic E-state index is 12.6. The summed E-state index contributed by atoms with van der Waals surface area (Å²) in [4.78, 5) is 16.1. The first-order valence-corrected chi connectivity index (χ1v) is 8.96. The normalized spacial score (nSPS) is 20.5. The van der Waals surface area contributed by atoms with Crippen LogP contribution in [0.25, 0.3) is 0 Å². The number of carbonyl (C=O) groups is 1. The lowest BCUT2D eigenvalue weighted by molar-refractivity contribution is -0.921. The SMILES string of the molecule is CCN(CC)C(=O)[C@H]1CCC[NH+](Cc2cccc(OC)c2OC)C1. The number of benzene rings is 1. The number of para-hydroxylation sites is 1. The molecule has 0 saturated carbocycles. The van der Waals surface area contributed by atoms with Crippen LogP contribution < -0.4 is 14.4 Å². The van der Waals surface area contributed by atoms with Crippen LogP contribution in [0.1, 0.15) is 32.3 Å². The quantitative estimate of drug-likeness (QED) is 0.818. The Balaban J connectivity index is 2.07. The highest BCUT2D eigenvalue weighted by Gasteiger charge is 2.31. The van der Waals surface area contributed by atoms with Crippen LogP contribution in [0, 0.1) is 5.92 Å². The zero-order valence-electron chi connectivity index (χ0n) is 15.4. The first-order chi connectivity index (χ1) is 11.6. The summed E-state index contributed by atoms with van der Waals surface area (Å²) in [6.45, 7) is 8.56. The largest absolute Gasteiger partial charge is 0.493 e. The van der Waals surface area contributed by atoms with Crippen LogP contribution in [0.3, 0.4) is 0 Å². The number of quaternary nitrogens is 1. The van der Waals surface area contributed by atoms with Gasteiger partial charge in [-0.1, -0.05) is 6.07 Å². The van der Waals surface area contributed by atoms with Crippen molar-refractivity contribution < 1.29 is 19.2 Å². The van der Waals surface area contributed by atoms with E-state index < -0.39 is 0 Å². The van der Waals surface area contributed by atoms with Crippen LogP contribution >= 0.6 is 0 Å². The third-order valence-corrected chi connectivity index (χ3v) is 4.97. The van der Waals surface area contributed by atoms with Crippen molar-refractivity contribution in [2.75, 3.05) is 40.4 Å². The van der Waals surface area contributed by atoms with Gasteiger partial charge in [-0.3, -0.25) is 4.79 Å². The Bertz CT molecular complexity index is 543. The van der Waals surface area contributed by atoms with Gasteiger partial charge >= 0.3 is 0 Å². The molecule has 134 valence electrons. The van der Waals surface area contributed by atoms with Crippen LogP contribution in [0.5, 0.6) is 11.5 Å². The van der Waals surface area contributed by atoms with E-state index in [-0.39, 0.29) is 5.92 Å². The van der Waals surface area contributed by atoms with E-state index in [4.69, 9.17) is 9.47 Å². The highest BCUT2D eigenvalue weighted by Crippen LogP contribution is 2.30. The predicted octanol–water partition coefficient (Wildman–Crippen LogP) is 1.37. The maximum atomic E-state index is 12.6. The fourth-order valence-corrected chi connectivity index (χ4v) is 3.68. The standard InChI is InChI=1S/C19H30N2O3/c1-5-21(6-2)19(22)16-10-8-12-20(14-16)13-15-9-7-11-17(23-3)18(15)24-4/h7,9,11,16H,5-6,8,10,12-14H2,1-4H3/p+1/t16-/m0/s1. The van der Waals surface area contributed by atoms with E-state index in [9.17, 15) is 4.79 Å². The molecule has 1 saturated heterocycles. The molecule has 0 spiro atoms. The van der Waals surface area contributed by atoms with Crippen LogP contribution in [0.4, 0.5) is 0 Å². The average Bonchev–Trinajstić information content (AvgIpc) is 2.62. The molecule has 0 aliphatic carbocycles. The summed E-state index contributed by atoms with van der Waals surface area (Å²) < 4.78 is 10.9. The topological polar surface area (TPSA) is 43.2 Å². The van der Waals surface area contributed by atoms with Gasteiger partial charge in [-0.05, 0) is 38.8 Å². The number of nitrogens with one attached hydrogen (secondary N) is 1. The number of rotatable bonds is 7. The number of hydrogen-bond acceptors (Lipinski definition) is 3. The van der Waals surface area contributed by atoms with Crippen molar-refractivity contribution in [3.05, 3.63) is 23.8 Å². The van der Waals surface area contributed by atoms with E-state index >= 15 is 0 Å². The molecular weight excluding hydrogens is 304 g/mol. The molecule has 5 nitrogen and oxygen atoms in total. The third-order valence-electron chi connectivity index (χ3n) is 4.97. The molecular formula is C19H31N2O3+. The molecule has 1 aliphatic heterocycles. The minimum Gasteiger partial charge on any atom is -0.493 e. The van der Waals surface area contributed by atoms with E-state index in [0.717, 1.165) is 62.6 Å². The number of nitrogens with zero attached hydrogens (tertiary/aromatic N) is 1. The zero-order valence-corrected chi connectivity index (χ0v) is 15.4. The Morgan fingerprint density at radius 2 is 2.00 bits per heavy atom. The molecule has 1 aromatic carbocycles. The second kappa shape index (κ2) is 8.92. The van der Waals surface area contributed by atoms with E-state index in [1.807, 2.05) is 17.0 Å². The fourth-order valence-electron chi connectivity index (χ4n) is 3.68. The van der Waals surface area contributed by atoms with Crippen LogP contribution in [-0.4, -0.2) is 51.2 Å². The van der Waals surface area contributed by atoms with Crippen molar-refractivity contribution in [3.63, 3.8) is 0 Å². The number of hydrogen-bond donors (Lipinski definition) is 1. The minimum absolute atomic E-state index is 0.144. The Hall–Kier alpha value is -1.75. The van der Waals surface area contributed by atoms with Gasteiger partial charge in [0.05, 0.1) is 38.8 Å². The molecule has 1 N–H and O–H groups in total. The lowest BCUT2D eigenvalue weighted by Crippen LogP contribution is -3.12. The van der Waals surface area contributed by atoms with Crippen molar-refractivity contribution in [1.82, 2.24) is 4.90 Å². The first kappa shape index (κ1) is 18.6. The summed E-state index contributed by atoms with van der Waals surface area (Å²) in [5.74, 6) is 2.03. The summed E-state index contributed by atoms with van der Waals surface area (Å²) >= 11 is 0. The fraction of sp³-hybridized carbons (Fsp3) is 0.632. The Morgan fingerprint density at radius 1 is 1.25 bits per heavy atom. The number of ether oxygens (including phenoxy) is 2. The number of piperidine rings is 1. The molecule has 2 atom stereocenters. The lowest BCUT2D eigenvalue weighted by Gasteiger charge is -2.32. The van der Waals surface area contributed by atoms with Gasteiger partial charge in [0.25, 0.3) is 0 Å². The van der Waals surface area contributed by atoms with Crippen LogP contribution in [0.2, 0.25) is 0 Å². The lowest BCUT2D eigenvalue weighted by atomic mass is 9.96. The predicted molar refractivity (Wildman–Crippen MR) is 94.6 cm³/mol. The van der Waals surface area contributed by atoms with Crippen LogP contribution in [0.15, 0.2) is 18.2 Å². The molecule has 1 unspecified atom stereocenters. The van der Waals surface area contributed by atoms with E-state index in [0.29, 0.717) is 5.91 Å². The third kappa shape index (κ3) is 4.20. The number of amides is 1. The Morgan fingerprint density at radius 3 is 2.62 bits per heavy atom. The Labute approximate surface area is 145 Å². The van der Waals surface area contributed by atoms with Gasteiger partial charge in [-0.15, -0.1) is 0 Å². The second-order valence-electron chi connectivity index (χ2n) is 6.38. The van der Waals surface area contributed by atoms with E-state index in [2.05, 4.69) is 19.9 Å². The second-order valence-corrected chi connectivity index (χ2v) is 6.38. The molecule has 1 fully saturated rings. The number of methoxy groups -OCH3 is 2. The Kier molecular flexibility index (Phi) is 6.91. The van der Waals surface area contributed by atoms with Crippen molar-refractivity contribution in [2.45, 2.75) is 33.2 Å². The zero-order chi connectivity index (χ0) is 17.5. The summed E-state index contributed by atoms with van der Waals surface area (Å²) in [6.07, 6.45) is 2.10. The maximum Gasteiger partial charge on any atom is 0.231 e. The first-order valence-electron chi connectivity index (χ1n) is 8.96. The molecule has 1 aromatic rings. The van der Waals surface area contributed by atoms with Crippen molar-refractivity contribution in [1.29, 1.82) is 0 Å². The molecule has 1 heterocycles. The van der Waals surface area contributed by atoms with Gasteiger partial charge in [0.1, 0.15) is 6.54 Å². The summed E-state index contributed by atoms with van der Waals surface area (Å²) in [5, 5.41) is 0. The van der Waals surface area contributed by atoms with E-state index in [1.54, 1.807) is 14.2 Å². The smallest absolute Gasteiger partial charge is 0.231 e. The molecule has 0 aromatic heterocycles. The van der Waals surface area contributed by atoms with Crippen molar-refractivity contribution >= 4 is 5.91 Å². The number of likely N-dealkylation sites (tertiary alicyclic amines) is 1. The molecule has 24 heavy (non-hydrogen) atoms. The molecule has 5 heteroatoms. The summed E-state index contributed by atoms with van der Waals surface area (Å²) in [6, 6.07) is 6.00. The van der Waals surface area contributed by atoms with Gasteiger partial charge in [0.15, 0.2) is 11.5 Å². The van der Waals surface area contributed by atoms with Crippen molar-refractivity contribution in [2.24, 2.45) is 5.92 Å². The van der Waals surface area contributed by atoms with Gasteiger partial charge in [-0.2, -0.15) is 0 Å². The van der Waals surface area contributed by atoms with Crippen LogP contribution in [-0.2, 0) is 11.3 Å². The molecule has 0 radical (unpaired) electrons. The van der Waals surface area contributed by atoms with Gasteiger partial charge in [0.2, 0.25) is 5.91 Å². The summed E-state index contributed by atoms with van der Waals surface area (Å²) in [7, 11) is 3.34. The number of carbonyl (C=O) groups excluding carboxylic acids is 1. The highest BCUT2D eigenvalue weighted by molar-refractivity contribution is 5.78.